The van der Waals surface area contributed by atoms with E-state index in [-0.39, 0.29) is 11.9 Å². The molecule has 1 atom stereocenters. The van der Waals surface area contributed by atoms with Crippen molar-refractivity contribution in [2.24, 2.45) is 0 Å². The van der Waals surface area contributed by atoms with E-state index in [2.05, 4.69) is 15.9 Å². The number of fused-ring (bicyclic) bond motifs is 1. The number of esters is 1. The molecule has 0 saturated carbocycles. The smallest absolute Gasteiger partial charge is 0.314 e. The highest BCUT2D eigenvalue weighted by molar-refractivity contribution is 9.10. The molecule has 1 aromatic carbocycles. The number of hydrogen-bond acceptors (Lipinski definition) is 3. The fourth-order valence-corrected chi connectivity index (χ4v) is 3.20. The summed E-state index contributed by atoms with van der Waals surface area (Å²) in [6, 6.07) is 6.06. The number of benzene rings is 1. The van der Waals surface area contributed by atoms with Gasteiger partial charge in [-0.15, -0.1) is 11.8 Å². The van der Waals surface area contributed by atoms with Crippen molar-refractivity contribution in [3.05, 3.63) is 28.2 Å². The summed E-state index contributed by atoms with van der Waals surface area (Å²) in [5.41, 5.74) is 1.09. The number of rotatable bonds is 2. The van der Waals surface area contributed by atoms with Crippen molar-refractivity contribution in [2.45, 2.75) is 17.7 Å². The zero-order valence-electron chi connectivity index (χ0n) is 8.33. The van der Waals surface area contributed by atoms with Crippen LogP contribution in [0, 0.1) is 0 Å². The van der Waals surface area contributed by atoms with Crippen LogP contribution >= 0.6 is 27.7 Å². The largest absolute Gasteiger partial charge is 0.465 e. The molecular weight excluding hydrogens is 276 g/mol. The van der Waals surface area contributed by atoms with E-state index in [0.29, 0.717) is 6.61 Å². The molecule has 0 spiro atoms. The van der Waals surface area contributed by atoms with Crippen LogP contribution in [0.5, 0.6) is 0 Å². The van der Waals surface area contributed by atoms with Crippen LogP contribution < -0.4 is 0 Å². The molecule has 0 fully saturated rings. The van der Waals surface area contributed by atoms with Gasteiger partial charge in [-0.25, -0.2) is 0 Å². The Morgan fingerprint density at radius 1 is 1.67 bits per heavy atom. The average Bonchev–Trinajstić information content (AvgIpc) is 2.60. The number of carbonyl (C=O) groups is 1. The van der Waals surface area contributed by atoms with Gasteiger partial charge in [0.05, 0.1) is 12.5 Å². The summed E-state index contributed by atoms with van der Waals surface area (Å²) in [6.45, 7) is 2.28. The quantitative estimate of drug-likeness (QED) is 0.781. The molecular formula is C11H11BrO2S. The standard InChI is InChI=1S/C11H11BrO2S/c1-2-14-11(13)9-6-15-10-4-3-7(12)5-8(9)10/h3-5,9H,2,6H2,1H3. The van der Waals surface area contributed by atoms with Crippen LogP contribution in [0.4, 0.5) is 0 Å². The molecule has 1 heterocycles. The summed E-state index contributed by atoms with van der Waals surface area (Å²) in [6.07, 6.45) is 0. The van der Waals surface area contributed by atoms with Gasteiger partial charge in [-0.2, -0.15) is 0 Å². The molecule has 1 aliphatic rings. The van der Waals surface area contributed by atoms with Crippen molar-refractivity contribution in [3.63, 3.8) is 0 Å². The van der Waals surface area contributed by atoms with Crippen molar-refractivity contribution in [1.29, 1.82) is 0 Å². The highest BCUT2D eigenvalue weighted by Crippen LogP contribution is 2.41. The van der Waals surface area contributed by atoms with Crippen LogP contribution in [0.2, 0.25) is 0 Å². The first kappa shape index (κ1) is 11.0. The Labute approximate surface area is 102 Å². The van der Waals surface area contributed by atoms with Crippen molar-refractivity contribution in [1.82, 2.24) is 0 Å². The lowest BCUT2D eigenvalue weighted by Crippen LogP contribution is -2.15. The van der Waals surface area contributed by atoms with Gasteiger partial charge in [0.15, 0.2) is 0 Å². The monoisotopic (exact) mass is 286 g/mol. The van der Waals surface area contributed by atoms with E-state index < -0.39 is 0 Å². The van der Waals surface area contributed by atoms with Gasteiger partial charge >= 0.3 is 5.97 Å². The van der Waals surface area contributed by atoms with Crippen molar-refractivity contribution < 1.29 is 9.53 Å². The maximum atomic E-state index is 11.7. The second kappa shape index (κ2) is 4.58. The van der Waals surface area contributed by atoms with Gasteiger partial charge in [0.25, 0.3) is 0 Å². The number of ether oxygens (including phenoxy) is 1. The first-order valence-electron chi connectivity index (χ1n) is 4.81. The molecule has 0 radical (unpaired) electrons. The molecule has 0 N–H and O–H groups in total. The second-order valence-electron chi connectivity index (χ2n) is 3.30. The lowest BCUT2D eigenvalue weighted by Gasteiger charge is -2.09. The van der Waals surface area contributed by atoms with Gasteiger partial charge in [0, 0.05) is 15.1 Å². The number of hydrogen-bond donors (Lipinski definition) is 0. The molecule has 80 valence electrons. The molecule has 2 nitrogen and oxygen atoms in total. The minimum absolute atomic E-state index is 0.0950. The Bertz CT molecular complexity index is 392. The Hall–Kier alpha value is -0.480. The van der Waals surface area contributed by atoms with E-state index in [1.165, 1.54) is 4.90 Å². The molecule has 0 amide bonds. The van der Waals surface area contributed by atoms with Gasteiger partial charge in [-0.1, -0.05) is 15.9 Å². The zero-order chi connectivity index (χ0) is 10.8. The van der Waals surface area contributed by atoms with Crippen LogP contribution in [0.1, 0.15) is 18.4 Å². The molecule has 4 heteroatoms. The highest BCUT2D eigenvalue weighted by Gasteiger charge is 2.30. The summed E-state index contributed by atoms with van der Waals surface area (Å²) in [5.74, 6) is 0.592. The van der Waals surface area contributed by atoms with Gasteiger partial charge in [-0.05, 0) is 30.7 Å². The summed E-state index contributed by atoms with van der Waals surface area (Å²) in [5, 5.41) is 0. The molecule has 1 aliphatic heterocycles. The van der Waals surface area contributed by atoms with Crippen LogP contribution in [-0.4, -0.2) is 18.3 Å². The third-order valence-electron chi connectivity index (χ3n) is 2.32. The van der Waals surface area contributed by atoms with Crippen LogP contribution in [0.15, 0.2) is 27.6 Å². The van der Waals surface area contributed by atoms with Gasteiger partial charge in [0.2, 0.25) is 0 Å². The second-order valence-corrected chi connectivity index (χ2v) is 5.28. The topological polar surface area (TPSA) is 26.3 Å². The summed E-state index contributed by atoms with van der Waals surface area (Å²) < 4.78 is 6.07. The van der Waals surface area contributed by atoms with Crippen LogP contribution in [-0.2, 0) is 9.53 Å². The van der Waals surface area contributed by atoms with Gasteiger partial charge in [0.1, 0.15) is 0 Å². The fourth-order valence-electron chi connectivity index (χ4n) is 1.62. The third kappa shape index (κ3) is 2.21. The summed E-state index contributed by atoms with van der Waals surface area (Å²) >= 11 is 5.14. The lowest BCUT2D eigenvalue weighted by atomic mass is 10.0. The zero-order valence-corrected chi connectivity index (χ0v) is 10.7. The van der Waals surface area contributed by atoms with E-state index in [1.54, 1.807) is 11.8 Å². The maximum absolute atomic E-state index is 11.7. The Morgan fingerprint density at radius 2 is 2.47 bits per heavy atom. The van der Waals surface area contributed by atoms with E-state index in [9.17, 15) is 4.79 Å². The minimum Gasteiger partial charge on any atom is -0.465 e. The van der Waals surface area contributed by atoms with E-state index in [4.69, 9.17) is 4.74 Å². The maximum Gasteiger partial charge on any atom is 0.314 e. The predicted molar refractivity (Wildman–Crippen MR) is 64.2 cm³/mol. The van der Waals surface area contributed by atoms with Gasteiger partial charge in [-0.3, -0.25) is 4.79 Å². The molecule has 0 aliphatic carbocycles. The average molecular weight is 287 g/mol. The number of carbonyl (C=O) groups excluding carboxylic acids is 1. The van der Waals surface area contributed by atoms with Crippen LogP contribution in [0.3, 0.4) is 0 Å². The first-order valence-corrected chi connectivity index (χ1v) is 6.59. The summed E-state index contributed by atoms with van der Waals surface area (Å²) in [4.78, 5) is 12.9. The van der Waals surface area contributed by atoms with Crippen molar-refractivity contribution in [2.75, 3.05) is 12.4 Å². The number of thioether (sulfide) groups is 1. The third-order valence-corrected chi connectivity index (χ3v) is 4.00. The normalized spacial score (nSPS) is 18.7. The Morgan fingerprint density at radius 3 is 3.20 bits per heavy atom. The van der Waals surface area contributed by atoms with Gasteiger partial charge < -0.3 is 4.74 Å². The van der Waals surface area contributed by atoms with Crippen molar-refractivity contribution >= 4 is 33.7 Å². The molecule has 0 bridgehead atoms. The van der Waals surface area contributed by atoms with E-state index in [1.807, 2.05) is 25.1 Å². The minimum atomic E-state index is -0.109. The van der Waals surface area contributed by atoms with E-state index >= 15 is 0 Å². The lowest BCUT2D eigenvalue weighted by molar-refractivity contribution is -0.144. The summed E-state index contributed by atoms with van der Waals surface area (Å²) in [7, 11) is 0. The highest BCUT2D eigenvalue weighted by atomic mass is 79.9. The first-order chi connectivity index (χ1) is 7.22. The molecule has 1 aromatic rings. The molecule has 15 heavy (non-hydrogen) atoms. The molecule has 0 aromatic heterocycles. The Balaban J connectivity index is 2.27. The molecule has 2 rings (SSSR count). The number of halogens is 1. The van der Waals surface area contributed by atoms with E-state index in [0.717, 1.165) is 15.8 Å². The molecule has 1 unspecified atom stereocenters. The SMILES string of the molecule is CCOC(=O)C1CSc2ccc(Br)cc21. The Kier molecular flexibility index (Phi) is 3.36. The van der Waals surface area contributed by atoms with Crippen LogP contribution in [0.25, 0.3) is 0 Å². The predicted octanol–water partition coefficient (Wildman–Crippen LogP) is 3.20. The van der Waals surface area contributed by atoms with Crippen molar-refractivity contribution in [3.8, 4) is 0 Å². The molecule has 0 saturated heterocycles. The fraction of sp³-hybridized carbons (Fsp3) is 0.364.